The summed E-state index contributed by atoms with van der Waals surface area (Å²) in [4.78, 5) is 16.2. The Morgan fingerprint density at radius 2 is 2.25 bits per heavy atom. The van der Waals surface area contributed by atoms with E-state index in [4.69, 9.17) is 0 Å². The Bertz CT molecular complexity index is 608. The van der Waals surface area contributed by atoms with Crippen molar-refractivity contribution in [2.24, 2.45) is 5.41 Å². The van der Waals surface area contributed by atoms with Gasteiger partial charge in [0, 0.05) is 34.6 Å². The number of nitrogens with one attached hydrogen (secondary N) is 2. The van der Waals surface area contributed by atoms with Crippen LogP contribution in [0.1, 0.15) is 43.0 Å². The summed E-state index contributed by atoms with van der Waals surface area (Å²) in [5.41, 5.74) is 1.77. The molecule has 1 atom stereocenters. The lowest BCUT2D eigenvalue weighted by Gasteiger charge is -2.26. The molecule has 1 fully saturated rings. The minimum atomic E-state index is -0.181. The fraction of sp³-hybridized carbons (Fsp3) is 0.471. The van der Waals surface area contributed by atoms with E-state index < -0.39 is 0 Å². The number of aromatic amines is 1. The van der Waals surface area contributed by atoms with Gasteiger partial charge in [0.2, 0.25) is 0 Å². The zero-order valence-electron chi connectivity index (χ0n) is 12.0. The molecule has 0 radical (unpaired) electrons. The van der Waals surface area contributed by atoms with Crippen molar-refractivity contribution in [3.63, 3.8) is 0 Å². The van der Waals surface area contributed by atoms with Crippen molar-refractivity contribution in [3.05, 3.63) is 36.0 Å². The quantitative estimate of drug-likeness (QED) is 0.816. The molecule has 1 aliphatic rings. The van der Waals surface area contributed by atoms with E-state index in [-0.39, 0.29) is 5.41 Å². The molecule has 0 bridgehead atoms. The van der Waals surface area contributed by atoms with E-state index in [9.17, 15) is 4.79 Å². The van der Waals surface area contributed by atoms with Gasteiger partial charge in [-0.3, -0.25) is 4.79 Å². The van der Waals surface area contributed by atoms with Crippen molar-refractivity contribution >= 4 is 16.7 Å². The minimum Gasteiger partial charge on any atom is -0.361 e. The number of H-pyrrole nitrogens is 1. The third-order valence-corrected chi connectivity index (χ3v) is 4.55. The van der Waals surface area contributed by atoms with Gasteiger partial charge in [-0.1, -0.05) is 19.8 Å². The predicted molar refractivity (Wildman–Crippen MR) is 82.1 cm³/mol. The third kappa shape index (κ3) is 2.27. The molecule has 3 nitrogen and oxygen atoms in total. The fourth-order valence-electron chi connectivity index (χ4n) is 3.28. The molecule has 2 heterocycles. The number of fused-ring (bicyclic) bond motifs is 1. The number of carbonyl (C=O) groups excluding carboxylic acids is 1. The van der Waals surface area contributed by atoms with E-state index in [0.29, 0.717) is 5.78 Å². The van der Waals surface area contributed by atoms with E-state index >= 15 is 0 Å². The average molecular weight is 270 g/mol. The molecule has 1 aromatic carbocycles. The molecule has 2 N–H and O–H groups in total. The van der Waals surface area contributed by atoms with E-state index in [1.165, 1.54) is 0 Å². The first-order valence-electron chi connectivity index (χ1n) is 7.58. The lowest BCUT2D eigenvalue weighted by molar-refractivity contribution is 0.0799. The van der Waals surface area contributed by atoms with E-state index in [2.05, 4.69) is 17.2 Å². The van der Waals surface area contributed by atoms with Crippen LogP contribution in [0.5, 0.6) is 0 Å². The molecule has 2 aromatic rings. The maximum atomic E-state index is 13.0. The maximum absolute atomic E-state index is 13.0. The van der Waals surface area contributed by atoms with Gasteiger partial charge in [0.05, 0.1) is 0 Å². The molecular formula is C17H22N2O. The van der Waals surface area contributed by atoms with Crippen LogP contribution in [0.4, 0.5) is 0 Å². The van der Waals surface area contributed by atoms with Crippen LogP contribution in [0.2, 0.25) is 0 Å². The Morgan fingerprint density at radius 3 is 3.00 bits per heavy atom. The first-order valence-corrected chi connectivity index (χ1v) is 7.58. The van der Waals surface area contributed by atoms with Crippen LogP contribution in [-0.2, 0) is 0 Å². The summed E-state index contributed by atoms with van der Waals surface area (Å²) in [6.07, 6.45) is 6.16. The molecule has 3 rings (SSSR count). The Balaban J connectivity index is 1.92. The number of unbranched alkanes of at least 4 members (excludes halogenated alkanes) is 1. The second kappa shape index (κ2) is 5.41. The highest BCUT2D eigenvalue weighted by molar-refractivity contribution is 6.03. The topological polar surface area (TPSA) is 44.9 Å². The smallest absolute Gasteiger partial charge is 0.170 e. The van der Waals surface area contributed by atoms with Gasteiger partial charge in [0.25, 0.3) is 0 Å². The zero-order valence-corrected chi connectivity index (χ0v) is 12.0. The van der Waals surface area contributed by atoms with Gasteiger partial charge in [-0.15, -0.1) is 0 Å². The number of Topliss-reactive ketones (excluding diaryl/α,β-unsaturated/α-hetero) is 1. The summed E-state index contributed by atoms with van der Waals surface area (Å²) in [5.74, 6) is 0.319. The number of hydrogen-bond donors (Lipinski definition) is 2. The minimum absolute atomic E-state index is 0.181. The van der Waals surface area contributed by atoms with Crippen LogP contribution in [0.15, 0.2) is 30.5 Å². The number of rotatable bonds is 5. The van der Waals surface area contributed by atoms with Crippen LogP contribution < -0.4 is 5.32 Å². The lowest BCUT2D eigenvalue weighted by Crippen LogP contribution is -2.33. The highest BCUT2D eigenvalue weighted by Gasteiger charge is 2.40. The Labute approximate surface area is 119 Å². The largest absolute Gasteiger partial charge is 0.361 e. The van der Waals surface area contributed by atoms with Crippen molar-refractivity contribution < 1.29 is 4.79 Å². The molecule has 0 unspecified atom stereocenters. The normalized spacial score (nSPS) is 22.4. The summed E-state index contributed by atoms with van der Waals surface area (Å²) in [7, 11) is 0. The molecule has 3 heteroatoms. The Kier molecular flexibility index (Phi) is 3.62. The standard InChI is InChI=1S/C17H22N2O/c1-2-3-7-17(8-10-18-12-17)16(20)14-4-5-15-13(11-14)6-9-19-15/h4-6,9,11,18-19H,2-3,7-8,10,12H2,1H3/t17-/m0/s1. The zero-order chi connectivity index (χ0) is 14.0. The van der Waals surface area contributed by atoms with Crippen molar-refractivity contribution in [1.29, 1.82) is 0 Å². The molecule has 0 saturated carbocycles. The van der Waals surface area contributed by atoms with E-state index in [1.54, 1.807) is 0 Å². The molecular weight excluding hydrogens is 248 g/mol. The summed E-state index contributed by atoms with van der Waals surface area (Å²) < 4.78 is 0. The highest BCUT2D eigenvalue weighted by Crippen LogP contribution is 2.36. The number of benzene rings is 1. The number of hydrogen-bond acceptors (Lipinski definition) is 2. The molecule has 20 heavy (non-hydrogen) atoms. The van der Waals surface area contributed by atoms with Crippen molar-refractivity contribution in [1.82, 2.24) is 10.3 Å². The van der Waals surface area contributed by atoms with Crippen LogP contribution in [0.25, 0.3) is 10.9 Å². The Morgan fingerprint density at radius 1 is 1.35 bits per heavy atom. The first kappa shape index (κ1) is 13.4. The van der Waals surface area contributed by atoms with Crippen molar-refractivity contribution in [3.8, 4) is 0 Å². The van der Waals surface area contributed by atoms with Crippen LogP contribution in [0, 0.1) is 5.41 Å². The molecule has 0 amide bonds. The monoisotopic (exact) mass is 270 g/mol. The van der Waals surface area contributed by atoms with Crippen molar-refractivity contribution in [2.45, 2.75) is 32.6 Å². The molecule has 1 saturated heterocycles. The average Bonchev–Trinajstić information content (AvgIpc) is 3.13. The summed E-state index contributed by atoms with van der Waals surface area (Å²) >= 11 is 0. The first-order chi connectivity index (χ1) is 9.75. The van der Waals surface area contributed by atoms with Crippen LogP contribution >= 0.6 is 0 Å². The van der Waals surface area contributed by atoms with Gasteiger partial charge in [-0.25, -0.2) is 0 Å². The molecule has 1 aromatic heterocycles. The summed E-state index contributed by atoms with van der Waals surface area (Å²) in [6.45, 7) is 3.98. The maximum Gasteiger partial charge on any atom is 0.170 e. The number of carbonyl (C=O) groups is 1. The van der Waals surface area contributed by atoms with Gasteiger partial charge in [-0.05, 0) is 43.7 Å². The van der Waals surface area contributed by atoms with Gasteiger partial charge in [-0.2, -0.15) is 0 Å². The van der Waals surface area contributed by atoms with E-state index in [0.717, 1.165) is 55.2 Å². The van der Waals surface area contributed by atoms with Gasteiger partial charge in [0.1, 0.15) is 0 Å². The van der Waals surface area contributed by atoms with Crippen molar-refractivity contribution in [2.75, 3.05) is 13.1 Å². The SMILES string of the molecule is CCCC[C@]1(C(=O)c2ccc3[nH]ccc3c2)CCNC1. The summed E-state index contributed by atoms with van der Waals surface area (Å²) in [5, 5.41) is 4.50. The van der Waals surface area contributed by atoms with Crippen LogP contribution in [-0.4, -0.2) is 23.9 Å². The van der Waals surface area contributed by atoms with Gasteiger partial charge < -0.3 is 10.3 Å². The second-order valence-electron chi connectivity index (χ2n) is 5.92. The number of aromatic nitrogens is 1. The van der Waals surface area contributed by atoms with Gasteiger partial charge in [0.15, 0.2) is 5.78 Å². The fourth-order valence-corrected chi connectivity index (χ4v) is 3.28. The molecule has 106 valence electrons. The Hall–Kier alpha value is -1.61. The molecule has 0 spiro atoms. The summed E-state index contributed by atoms with van der Waals surface area (Å²) in [6, 6.07) is 8.03. The molecule has 1 aliphatic heterocycles. The predicted octanol–water partition coefficient (Wildman–Crippen LogP) is 3.52. The van der Waals surface area contributed by atoms with E-state index in [1.807, 2.05) is 30.5 Å². The third-order valence-electron chi connectivity index (χ3n) is 4.55. The molecule has 0 aliphatic carbocycles. The highest BCUT2D eigenvalue weighted by atomic mass is 16.1. The van der Waals surface area contributed by atoms with Gasteiger partial charge >= 0.3 is 0 Å². The van der Waals surface area contributed by atoms with Crippen LogP contribution in [0.3, 0.4) is 0 Å². The second-order valence-corrected chi connectivity index (χ2v) is 5.92. The number of ketones is 1. The lowest BCUT2D eigenvalue weighted by atomic mass is 9.75.